The van der Waals surface area contributed by atoms with Gasteiger partial charge in [-0.15, -0.1) is 0 Å². The van der Waals surface area contributed by atoms with Crippen LogP contribution in [-0.2, 0) is 16.6 Å². The van der Waals surface area contributed by atoms with Crippen LogP contribution < -0.4 is 9.47 Å². The standard InChI is InChI=1S/C15H22N3O2S/c1-6-18-11-14(21(19,20)17(4)5)15(16(2)3)12-9-7-8-10-13(12)18/h7-11H,6H2,1-5H3/q+1. The molecule has 0 amide bonds. The van der Waals surface area contributed by atoms with Gasteiger partial charge in [0.25, 0.3) is 10.0 Å². The summed E-state index contributed by atoms with van der Waals surface area (Å²) in [7, 11) is 3.34. The zero-order chi connectivity index (χ0) is 15.8. The van der Waals surface area contributed by atoms with E-state index >= 15 is 0 Å². The summed E-state index contributed by atoms with van der Waals surface area (Å²) in [6.07, 6.45) is 1.73. The van der Waals surface area contributed by atoms with Crippen molar-refractivity contribution >= 4 is 26.6 Å². The minimum atomic E-state index is -3.51. The highest BCUT2D eigenvalue weighted by Crippen LogP contribution is 2.31. The van der Waals surface area contributed by atoms with E-state index in [1.54, 1.807) is 20.3 Å². The first kappa shape index (κ1) is 15.7. The summed E-state index contributed by atoms with van der Waals surface area (Å²) in [4.78, 5) is 2.19. The first-order chi connectivity index (χ1) is 9.80. The maximum absolute atomic E-state index is 12.7. The van der Waals surface area contributed by atoms with Gasteiger partial charge in [-0.3, -0.25) is 0 Å². The van der Waals surface area contributed by atoms with Gasteiger partial charge in [0.05, 0.1) is 11.1 Å². The fraction of sp³-hybridized carbons (Fsp3) is 0.400. The number of para-hydroxylation sites is 1. The normalized spacial score (nSPS) is 12.1. The Morgan fingerprint density at radius 1 is 1.10 bits per heavy atom. The predicted octanol–water partition coefficient (Wildman–Crippen LogP) is 1.46. The Labute approximate surface area is 126 Å². The van der Waals surface area contributed by atoms with Crippen molar-refractivity contribution in [3.8, 4) is 0 Å². The second-order valence-corrected chi connectivity index (χ2v) is 7.45. The van der Waals surface area contributed by atoms with E-state index in [1.165, 1.54) is 4.31 Å². The van der Waals surface area contributed by atoms with Crippen LogP contribution in [0.2, 0.25) is 0 Å². The molecule has 1 aromatic carbocycles. The summed E-state index contributed by atoms with van der Waals surface area (Å²) in [5.41, 5.74) is 1.76. The Hall–Kier alpha value is -1.66. The fourth-order valence-electron chi connectivity index (χ4n) is 2.44. The first-order valence-electron chi connectivity index (χ1n) is 6.85. The Balaban J connectivity index is 2.98. The number of sulfonamides is 1. The molecule has 21 heavy (non-hydrogen) atoms. The molecule has 0 saturated heterocycles. The summed E-state index contributed by atoms with van der Waals surface area (Å²) in [6, 6.07) is 7.87. The lowest BCUT2D eigenvalue weighted by Crippen LogP contribution is -2.36. The van der Waals surface area contributed by atoms with Crippen LogP contribution in [0, 0.1) is 0 Å². The van der Waals surface area contributed by atoms with Crippen LogP contribution in [0.5, 0.6) is 0 Å². The van der Waals surface area contributed by atoms with Crippen LogP contribution in [0.25, 0.3) is 10.9 Å². The minimum absolute atomic E-state index is 0.332. The SMILES string of the molecule is CC[n+]1cc(S(=O)(=O)N(C)C)c(N(C)C)c2ccccc21. The predicted molar refractivity (Wildman–Crippen MR) is 85.0 cm³/mol. The van der Waals surface area contributed by atoms with Crippen molar-refractivity contribution in [2.75, 3.05) is 33.1 Å². The van der Waals surface area contributed by atoms with Crippen molar-refractivity contribution in [2.24, 2.45) is 0 Å². The molecular formula is C15H22N3O2S+. The number of anilines is 1. The highest BCUT2D eigenvalue weighted by molar-refractivity contribution is 7.89. The first-order valence-corrected chi connectivity index (χ1v) is 8.29. The molecule has 1 heterocycles. The van der Waals surface area contributed by atoms with Gasteiger partial charge < -0.3 is 4.90 Å². The van der Waals surface area contributed by atoms with Crippen LogP contribution in [0.15, 0.2) is 35.4 Å². The second kappa shape index (κ2) is 5.61. The number of aryl methyl sites for hydroxylation is 1. The molecule has 0 aliphatic heterocycles. The number of hydrogen-bond donors (Lipinski definition) is 0. The van der Waals surface area contributed by atoms with Crippen LogP contribution in [-0.4, -0.2) is 40.9 Å². The Bertz CT molecular complexity index is 768. The van der Waals surface area contributed by atoms with Crippen LogP contribution in [0.3, 0.4) is 0 Å². The molecule has 0 bridgehead atoms. The molecular weight excluding hydrogens is 286 g/mol. The molecule has 0 aliphatic carbocycles. The quantitative estimate of drug-likeness (QED) is 0.803. The average molecular weight is 308 g/mol. The Morgan fingerprint density at radius 2 is 1.71 bits per heavy atom. The lowest BCUT2D eigenvalue weighted by molar-refractivity contribution is -0.669. The van der Waals surface area contributed by atoms with E-state index in [1.807, 2.05) is 54.8 Å². The van der Waals surface area contributed by atoms with Crippen LogP contribution >= 0.6 is 0 Å². The molecule has 0 unspecified atom stereocenters. The lowest BCUT2D eigenvalue weighted by atomic mass is 10.1. The van der Waals surface area contributed by atoms with E-state index in [4.69, 9.17) is 0 Å². The topological polar surface area (TPSA) is 44.5 Å². The number of benzene rings is 1. The number of fused-ring (bicyclic) bond motifs is 1. The third-order valence-corrected chi connectivity index (χ3v) is 5.34. The smallest absolute Gasteiger partial charge is 0.250 e. The van der Waals surface area contributed by atoms with Gasteiger partial charge in [0.1, 0.15) is 6.54 Å². The Kier molecular flexibility index (Phi) is 4.20. The number of nitrogens with zero attached hydrogens (tertiary/aromatic N) is 3. The highest BCUT2D eigenvalue weighted by Gasteiger charge is 2.29. The molecule has 0 spiro atoms. The molecule has 2 rings (SSSR count). The highest BCUT2D eigenvalue weighted by atomic mass is 32.2. The average Bonchev–Trinajstić information content (AvgIpc) is 2.44. The van der Waals surface area contributed by atoms with Crippen molar-refractivity contribution in [2.45, 2.75) is 18.4 Å². The van der Waals surface area contributed by atoms with E-state index in [2.05, 4.69) is 0 Å². The summed E-state index contributed by atoms with van der Waals surface area (Å²) in [6.45, 7) is 2.72. The molecule has 6 heteroatoms. The zero-order valence-corrected chi connectivity index (χ0v) is 14.0. The molecule has 0 aliphatic rings. The maximum Gasteiger partial charge on any atom is 0.250 e. The third-order valence-electron chi connectivity index (χ3n) is 3.52. The number of pyridine rings is 1. The van der Waals surface area contributed by atoms with E-state index in [-0.39, 0.29) is 0 Å². The van der Waals surface area contributed by atoms with E-state index < -0.39 is 10.0 Å². The molecule has 5 nitrogen and oxygen atoms in total. The molecule has 0 saturated carbocycles. The van der Waals surface area contributed by atoms with Gasteiger partial charge in [0, 0.05) is 34.3 Å². The summed E-state index contributed by atoms with van der Waals surface area (Å²) in [5.74, 6) is 0. The van der Waals surface area contributed by atoms with Gasteiger partial charge in [-0.25, -0.2) is 12.7 Å². The lowest BCUT2D eigenvalue weighted by Gasteiger charge is -2.20. The van der Waals surface area contributed by atoms with Crippen LogP contribution in [0.1, 0.15) is 6.92 Å². The van der Waals surface area contributed by atoms with Gasteiger partial charge in [-0.2, -0.15) is 4.57 Å². The largest absolute Gasteiger partial charge is 0.376 e. The van der Waals surface area contributed by atoms with Crippen molar-refractivity contribution in [1.29, 1.82) is 0 Å². The number of rotatable bonds is 4. The zero-order valence-electron chi connectivity index (χ0n) is 13.2. The number of aromatic nitrogens is 1. The van der Waals surface area contributed by atoms with Gasteiger partial charge in [-0.05, 0) is 13.0 Å². The molecule has 0 radical (unpaired) electrons. The summed E-state index contributed by atoms with van der Waals surface area (Å²) < 4.78 is 28.5. The molecule has 2 aromatic rings. The summed E-state index contributed by atoms with van der Waals surface area (Å²) in [5, 5.41) is 0.937. The van der Waals surface area contributed by atoms with Crippen molar-refractivity contribution in [3.63, 3.8) is 0 Å². The minimum Gasteiger partial charge on any atom is -0.376 e. The second-order valence-electron chi connectivity index (χ2n) is 5.33. The fourth-order valence-corrected chi connectivity index (χ4v) is 3.63. The van der Waals surface area contributed by atoms with Crippen molar-refractivity contribution < 1.29 is 13.0 Å². The monoisotopic (exact) mass is 308 g/mol. The molecule has 0 N–H and O–H groups in total. The van der Waals surface area contributed by atoms with Gasteiger partial charge in [0.15, 0.2) is 11.1 Å². The van der Waals surface area contributed by atoms with Crippen LogP contribution in [0.4, 0.5) is 5.69 Å². The molecule has 114 valence electrons. The Morgan fingerprint density at radius 3 is 2.24 bits per heavy atom. The van der Waals surface area contributed by atoms with E-state index in [0.29, 0.717) is 11.4 Å². The van der Waals surface area contributed by atoms with E-state index in [0.717, 1.165) is 16.6 Å². The van der Waals surface area contributed by atoms with Crippen molar-refractivity contribution in [1.82, 2.24) is 4.31 Å². The number of hydrogen-bond acceptors (Lipinski definition) is 3. The molecule has 1 aromatic heterocycles. The summed E-state index contributed by atoms with van der Waals surface area (Å²) >= 11 is 0. The third kappa shape index (κ3) is 2.61. The molecule has 0 atom stereocenters. The maximum atomic E-state index is 12.7. The van der Waals surface area contributed by atoms with E-state index in [9.17, 15) is 8.42 Å². The molecule has 0 fully saturated rings. The van der Waals surface area contributed by atoms with Gasteiger partial charge in [-0.1, -0.05) is 12.1 Å². The van der Waals surface area contributed by atoms with Crippen molar-refractivity contribution in [3.05, 3.63) is 30.5 Å². The van der Waals surface area contributed by atoms with Gasteiger partial charge in [0.2, 0.25) is 5.52 Å². The van der Waals surface area contributed by atoms with Gasteiger partial charge >= 0.3 is 0 Å².